The molecular formula is C12H11F6SSb. The number of benzene rings is 2. The molecule has 20 heavy (non-hydrogen) atoms. The summed E-state index contributed by atoms with van der Waals surface area (Å²) in [6, 6.07) is 21.0. The van der Waals surface area contributed by atoms with E-state index in [1.165, 1.54) is 21.6 Å². The van der Waals surface area contributed by atoms with E-state index in [2.05, 4.69) is 48.5 Å². The SMILES string of the molecule is [F][Sb-]([F])([F])([F])([F])[F].c1ccc([SH+]c2ccccc2)cc1. The number of thiol groups is 1. The van der Waals surface area contributed by atoms with Crippen LogP contribution in [-0.4, -0.2) is 19.5 Å². The van der Waals surface area contributed by atoms with Gasteiger partial charge in [0.05, 0.1) is 0 Å². The summed E-state index contributed by atoms with van der Waals surface area (Å²) in [5, 5.41) is 0. The molecule has 0 unspecified atom stereocenters. The number of hydrogen-bond donors (Lipinski definition) is 0. The van der Waals surface area contributed by atoms with Crippen LogP contribution < -0.4 is 0 Å². The third-order valence-electron chi connectivity index (χ3n) is 1.77. The van der Waals surface area contributed by atoms with Crippen molar-refractivity contribution >= 4 is 31.2 Å². The van der Waals surface area contributed by atoms with Gasteiger partial charge in [-0.05, 0) is 24.3 Å². The minimum atomic E-state index is -11.2. The van der Waals surface area contributed by atoms with Crippen LogP contribution in [0.2, 0.25) is 0 Å². The molecule has 8 heteroatoms. The molecule has 0 radical (unpaired) electrons. The molecule has 0 atom stereocenters. The van der Waals surface area contributed by atoms with Crippen molar-refractivity contribution in [2.75, 3.05) is 0 Å². The van der Waals surface area contributed by atoms with Gasteiger partial charge in [-0.3, -0.25) is 0 Å². The monoisotopic (exact) mass is 422 g/mol. The zero-order chi connectivity index (χ0) is 15.3. The Labute approximate surface area is 118 Å². The number of hydrogen-bond acceptors (Lipinski definition) is 0. The Morgan fingerprint density at radius 1 is 0.550 bits per heavy atom. The van der Waals surface area contributed by atoms with Gasteiger partial charge in [0, 0.05) is 11.8 Å². The summed E-state index contributed by atoms with van der Waals surface area (Å²) in [5.74, 6) is 0. The molecule has 0 aliphatic carbocycles. The van der Waals surface area contributed by atoms with Crippen LogP contribution in [0, 0.1) is 0 Å². The van der Waals surface area contributed by atoms with E-state index >= 15 is 0 Å². The summed E-state index contributed by atoms with van der Waals surface area (Å²) < 4.78 is 59.6. The molecule has 112 valence electrons. The largest absolute Gasteiger partial charge is 0.158 e. The molecule has 0 aliphatic heterocycles. The average Bonchev–Trinajstić information content (AvgIpc) is 2.27. The van der Waals surface area contributed by atoms with Crippen LogP contribution in [0.1, 0.15) is 0 Å². The van der Waals surface area contributed by atoms with Gasteiger partial charge in [0.15, 0.2) is 9.79 Å². The van der Waals surface area contributed by atoms with E-state index in [9.17, 15) is 16.9 Å². The van der Waals surface area contributed by atoms with Crippen LogP contribution in [0.15, 0.2) is 70.5 Å². The first-order valence-electron chi connectivity index (χ1n) is 5.28. The zero-order valence-corrected chi connectivity index (χ0v) is 13.4. The molecule has 0 spiro atoms. The van der Waals surface area contributed by atoms with E-state index in [4.69, 9.17) is 0 Å². The van der Waals surface area contributed by atoms with Crippen molar-refractivity contribution in [3.63, 3.8) is 0 Å². The van der Waals surface area contributed by atoms with Crippen LogP contribution in [-0.2, 0) is 11.8 Å². The molecule has 0 bridgehead atoms. The normalized spacial score (nSPS) is 14.5. The van der Waals surface area contributed by atoms with Crippen molar-refractivity contribution in [2.45, 2.75) is 9.79 Å². The van der Waals surface area contributed by atoms with Crippen LogP contribution in [0.5, 0.6) is 0 Å². The van der Waals surface area contributed by atoms with E-state index in [1.54, 1.807) is 0 Å². The first-order chi connectivity index (χ1) is 8.90. The van der Waals surface area contributed by atoms with Crippen molar-refractivity contribution in [2.24, 2.45) is 0 Å². The molecule has 2 rings (SSSR count). The smallest absolute Gasteiger partial charge is 0.0619 e. The third-order valence-corrected chi connectivity index (χ3v) is 2.88. The third kappa shape index (κ3) is 12.2. The summed E-state index contributed by atoms with van der Waals surface area (Å²) in [6.45, 7) is 0. The maximum Gasteiger partial charge on any atom is 0.158 e. The van der Waals surface area contributed by atoms with Crippen molar-refractivity contribution in [1.29, 1.82) is 0 Å². The van der Waals surface area contributed by atoms with Crippen molar-refractivity contribution in [3.05, 3.63) is 60.7 Å². The molecule has 0 saturated heterocycles. The van der Waals surface area contributed by atoms with E-state index in [-0.39, 0.29) is 0 Å². The molecule has 0 saturated carbocycles. The Balaban J connectivity index is 0.000000246. The summed E-state index contributed by atoms with van der Waals surface area (Å²) in [4.78, 5) is 2.68. The predicted molar refractivity (Wildman–Crippen MR) is 70.6 cm³/mol. The summed E-state index contributed by atoms with van der Waals surface area (Å²) >= 11 is -9.97. The molecule has 2 aromatic carbocycles. The topological polar surface area (TPSA) is 0 Å². The second-order valence-electron chi connectivity index (χ2n) is 3.74. The van der Waals surface area contributed by atoms with Gasteiger partial charge >= 0.3 is 36.4 Å². The number of rotatable bonds is 2. The molecule has 2 aromatic rings. The standard InChI is InChI=1S/C12H10S.6FH.Sb/c1-3-7-11(8-4-1)13-12-9-5-2-6-10-12;;;;;;;/h1-10H;6*1H;/q;;;;;;;+5/p-5. The fraction of sp³-hybridized carbons (Fsp3) is 0. The van der Waals surface area contributed by atoms with Crippen LogP contribution in [0.4, 0.5) is 16.9 Å². The van der Waals surface area contributed by atoms with E-state index in [0.717, 1.165) is 0 Å². The van der Waals surface area contributed by atoms with Crippen molar-refractivity contribution in [3.8, 4) is 0 Å². The second kappa shape index (κ2) is 5.52. The van der Waals surface area contributed by atoms with Gasteiger partial charge in [-0.15, -0.1) is 0 Å². The van der Waals surface area contributed by atoms with Crippen molar-refractivity contribution in [1.82, 2.24) is 0 Å². The van der Waals surface area contributed by atoms with Gasteiger partial charge in [0.2, 0.25) is 0 Å². The van der Waals surface area contributed by atoms with E-state index in [0.29, 0.717) is 0 Å². The Hall–Kier alpha value is -0.812. The fourth-order valence-corrected chi connectivity index (χ4v) is 2.09. The Morgan fingerprint density at radius 2 is 0.800 bits per heavy atom. The minimum Gasteiger partial charge on any atom is -0.0619 e. The Bertz CT molecular complexity index is 489. The quantitative estimate of drug-likeness (QED) is 0.274. The van der Waals surface area contributed by atoms with Gasteiger partial charge < -0.3 is 0 Å². The zero-order valence-electron chi connectivity index (χ0n) is 9.94. The molecule has 0 N–H and O–H groups in total. The van der Waals surface area contributed by atoms with Gasteiger partial charge in [-0.1, -0.05) is 36.4 Å². The number of halogens is 6. The molecule has 0 nitrogen and oxygen atoms in total. The average molecular weight is 423 g/mol. The second-order valence-corrected chi connectivity index (χ2v) is 10.5. The van der Waals surface area contributed by atoms with Crippen molar-refractivity contribution < 1.29 is 16.9 Å². The minimum absolute atomic E-state index is 1.28. The molecule has 0 amide bonds. The predicted octanol–water partition coefficient (Wildman–Crippen LogP) is 5.06. The fourth-order valence-electron chi connectivity index (χ4n) is 1.15. The first kappa shape index (κ1) is 17.2. The molecule has 0 aliphatic rings. The van der Waals surface area contributed by atoms with Gasteiger partial charge in [0.25, 0.3) is 0 Å². The van der Waals surface area contributed by atoms with Crippen LogP contribution >= 0.6 is 0 Å². The van der Waals surface area contributed by atoms with Gasteiger partial charge in [0.1, 0.15) is 0 Å². The maximum absolute atomic E-state index is 11.2. The summed E-state index contributed by atoms with van der Waals surface area (Å²) in [5.41, 5.74) is 0. The summed E-state index contributed by atoms with van der Waals surface area (Å²) in [7, 11) is 0. The molecule has 0 aromatic heterocycles. The Kier molecular flexibility index (Phi) is 4.76. The molecule has 0 fully saturated rings. The van der Waals surface area contributed by atoms with Crippen LogP contribution in [0.3, 0.4) is 0 Å². The van der Waals surface area contributed by atoms with Gasteiger partial charge in [-0.2, -0.15) is 0 Å². The van der Waals surface area contributed by atoms with Gasteiger partial charge in [-0.25, -0.2) is 0 Å². The van der Waals surface area contributed by atoms with E-state index < -0.39 is 19.5 Å². The maximum atomic E-state index is 9.93. The molecular weight excluding hydrogens is 412 g/mol. The summed E-state index contributed by atoms with van der Waals surface area (Å²) in [6.07, 6.45) is 0. The Morgan fingerprint density at radius 3 is 1.05 bits per heavy atom. The van der Waals surface area contributed by atoms with Crippen LogP contribution in [0.25, 0.3) is 0 Å². The van der Waals surface area contributed by atoms with E-state index in [1.807, 2.05) is 12.1 Å². The molecule has 0 heterocycles. The first-order valence-corrected chi connectivity index (χ1v) is 12.0.